The maximum Gasteiger partial charge on any atom is 0.323 e. The Balaban J connectivity index is 1.49. The molecule has 0 saturated carbocycles. The predicted octanol–water partition coefficient (Wildman–Crippen LogP) is 4.20. The highest BCUT2D eigenvalue weighted by molar-refractivity contribution is 7.89. The standard InChI is InChI=1S/C24H20ClFN4O4S/c25-15-7-9-16(10-8-15)29-24(32)30-13-3-5-21(30)23(31)28-17-11-12-18(20(26)14-17)19-4-1-2-6-22(19)35(27,33)34/h1-12,14,21H,13H2,(H,28,31)(H,29,32)(H2,27,33,34). The molecule has 1 unspecified atom stereocenters. The van der Waals surface area contributed by atoms with Gasteiger partial charge in [0.05, 0.1) is 4.90 Å². The summed E-state index contributed by atoms with van der Waals surface area (Å²) in [5, 5.41) is 11.1. The summed E-state index contributed by atoms with van der Waals surface area (Å²) in [5.74, 6) is -1.29. The minimum absolute atomic E-state index is 0.0114. The highest BCUT2D eigenvalue weighted by Crippen LogP contribution is 2.30. The molecule has 1 aliphatic rings. The average molecular weight is 515 g/mol. The number of urea groups is 1. The zero-order valence-corrected chi connectivity index (χ0v) is 19.7. The molecule has 1 heterocycles. The molecule has 0 radical (unpaired) electrons. The van der Waals surface area contributed by atoms with Crippen LogP contribution < -0.4 is 15.8 Å². The predicted molar refractivity (Wildman–Crippen MR) is 132 cm³/mol. The molecule has 0 aromatic heterocycles. The topological polar surface area (TPSA) is 122 Å². The second-order valence-corrected chi connectivity index (χ2v) is 9.65. The van der Waals surface area contributed by atoms with Crippen LogP contribution >= 0.6 is 11.6 Å². The van der Waals surface area contributed by atoms with Gasteiger partial charge in [0, 0.05) is 34.1 Å². The summed E-state index contributed by atoms with van der Waals surface area (Å²) in [6.07, 6.45) is 3.25. The Bertz CT molecular complexity index is 1430. The fraction of sp³-hybridized carbons (Fsp3) is 0.0833. The van der Waals surface area contributed by atoms with Crippen LogP contribution in [0.1, 0.15) is 0 Å². The van der Waals surface area contributed by atoms with Crippen molar-refractivity contribution in [3.05, 3.63) is 89.7 Å². The summed E-state index contributed by atoms with van der Waals surface area (Å²) in [7, 11) is -4.07. The number of nitrogens with zero attached hydrogens (tertiary/aromatic N) is 1. The number of benzene rings is 3. The molecule has 0 fully saturated rings. The van der Waals surface area contributed by atoms with Gasteiger partial charge >= 0.3 is 6.03 Å². The summed E-state index contributed by atoms with van der Waals surface area (Å²) in [6, 6.07) is 14.8. The molecule has 35 heavy (non-hydrogen) atoms. The van der Waals surface area contributed by atoms with Crippen molar-refractivity contribution in [1.29, 1.82) is 0 Å². The smallest absolute Gasteiger partial charge is 0.323 e. The van der Waals surface area contributed by atoms with E-state index < -0.39 is 33.8 Å². The number of carbonyl (C=O) groups excluding carboxylic acids is 2. The summed E-state index contributed by atoms with van der Waals surface area (Å²) >= 11 is 5.86. The Hall–Kier alpha value is -3.73. The van der Waals surface area contributed by atoms with Crippen LogP contribution in [0.3, 0.4) is 0 Å². The van der Waals surface area contributed by atoms with E-state index in [1.54, 1.807) is 42.5 Å². The van der Waals surface area contributed by atoms with Gasteiger partial charge in [0.2, 0.25) is 10.0 Å². The number of amides is 3. The van der Waals surface area contributed by atoms with Crippen molar-refractivity contribution in [1.82, 2.24) is 4.90 Å². The number of anilines is 2. The third-order valence-electron chi connectivity index (χ3n) is 5.30. The van der Waals surface area contributed by atoms with Crippen LogP contribution in [0.15, 0.2) is 83.8 Å². The third kappa shape index (κ3) is 5.51. The zero-order valence-electron chi connectivity index (χ0n) is 18.1. The number of hydrogen-bond acceptors (Lipinski definition) is 4. The van der Waals surface area contributed by atoms with Gasteiger partial charge in [-0.3, -0.25) is 4.79 Å². The van der Waals surface area contributed by atoms with Crippen LogP contribution in [0, 0.1) is 5.82 Å². The van der Waals surface area contributed by atoms with Crippen LogP contribution in [0.2, 0.25) is 5.02 Å². The van der Waals surface area contributed by atoms with Gasteiger partial charge in [-0.05, 0) is 48.5 Å². The lowest BCUT2D eigenvalue weighted by atomic mass is 10.0. The molecule has 8 nitrogen and oxygen atoms in total. The molecular formula is C24H20ClFN4O4S. The first-order valence-electron chi connectivity index (χ1n) is 10.4. The van der Waals surface area contributed by atoms with Crippen LogP contribution in [-0.2, 0) is 14.8 Å². The van der Waals surface area contributed by atoms with E-state index in [0.717, 1.165) is 6.07 Å². The van der Waals surface area contributed by atoms with Crippen LogP contribution in [-0.4, -0.2) is 37.8 Å². The van der Waals surface area contributed by atoms with E-state index in [0.29, 0.717) is 10.7 Å². The first-order valence-corrected chi connectivity index (χ1v) is 12.3. The van der Waals surface area contributed by atoms with Crippen molar-refractivity contribution < 1.29 is 22.4 Å². The number of carbonyl (C=O) groups is 2. The Kier molecular flexibility index (Phi) is 6.88. The lowest BCUT2D eigenvalue weighted by Crippen LogP contribution is -2.45. The number of rotatable bonds is 5. The van der Waals surface area contributed by atoms with E-state index in [2.05, 4.69) is 10.6 Å². The lowest BCUT2D eigenvalue weighted by Gasteiger charge is -2.24. The molecule has 1 aliphatic heterocycles. The van der Waals surface area contributed by atoms with Gasteiger partial charge in [-0.25, -0.2) is 22.7 Å². The van der Waals surface area contributed by atoms with E-state index in [4.69, 9.17) is 16.7 Å². The van der Waals surface area contributed by atoms with Crippen molar-refractivity contribution in [2.75, 3.05) is 17.2 Å². The van der Waals surface area contributed by atoms with Gasteiger partial charge in [-0.1, -0.05) is 42.0 Å². The maximum absolute atomic E-state index is 14.9. The molecule has 4 N–H and O–H groups in total. The van der Waals surface area contributed by atoms with E-state index in [1.165, 1.54) is 35.2 Å². The van der Waals surface area contributed by atoms with E-state index in [-0.39, 0.29) is 28.3 Å². The number of nitrogens with two attached hydrogens (primary N) is 1. The minimum atomic E-state index is -4.07. The van der Waals surface area contributed by atoms with Crippen molar-refractivity contribution in [2.24, 2.45) is 5.14 Å². The van der Waals surface area contributed by atoms with Crippen molar-refractivity contribution in [3.63, 3.8) is 0 Å². The highest BCUT2D eigenvalue weighted by atomic mass is 35.5. The summed E-state index contributed by atoms with van der Waals surface area (Å²) in [6.45, 7) is 0.217. The zero-order chi connectivity index (χ0) is 25.2. The molecule has 3 amide bonds. The number of nitrogens with one attached hydrogen (secondary N) is 2. The van der Waals surface area contributed by atoms with Gasteiger partial charge in [0.15, 0.2) is 0 Å². The van der Waals surface area contributed by atoms with Crippen LogP contribution in [0.5, 0.6) is 0 Å². The molecular weight excluding hydrogens is 495 g/mol. The van der Waals surface area contributed by atoms with Crippen LogP contribution in [0.4, 0.5) is 20.6 Å². The first kappa shape index (κ1) is 24.4. The first-order chi connectivity index (χ1) is 16.6. The van der Waals surface area contributed by atoms with Gasteiger partial charge in [0.25, 0.3) is 5.91 Å². The summed E-state index contributed by atoms with van der Waals surface area (Å²) in [5.41, 5.74) is 0.775. The monoisotopic (exact) mass is 514 g/mol. The molecule has 11 heteroatoms. The van der Waals surface area contributed by atoms with Crippen molar-refractivity contribution >= 4 is 44.9 Å². The highest BCUT2D eigenvalue weighted by Gasteiger charge is 2.31. The molecule has 0 spiro atoms. The lowest BCUT2D eigenvalue weighted by molar-refractivity contribution is -0.118. The Morgan fingerprint density at radius 3 is 2.34 bits per heavy atom. The molecule has 3 aromatic carbocycles. The van der Waals surface area contributed by atoms with Crippen molar-refractivity contribution in [2.45, 2.75) is 10.9 Å². The largest absolute Gasteiger partial charge is 0.324 e. The molecule has 180 valence electrons. The SMILES string of the molecule is NS(=O)(=O)c1ccccc1-c1ccc(NC(=O)C2C=CCN2C(=O)Nc2ccc(Cl)cc2)cc1F. The van der Waals surface area contributed by atoms with Gasteiger partial charge < -0.3 is 15.5 Å². The van der Waals surface area contributed by atoms with Gasteiger partial charge in [-0.2, -0.15) is 0 Å². The number of halogens is 2. The number of hydrogen-bond donors (Lipinski definition) is 3. The van der Waals surface area contributed by atoms with E-state index >= 15 is 0 Å². The molecule has 0 aliphatic carbocycles. The number of sulfonamides is 1. The maximum atomic E-state index is 14.9. The average Bonchev–Trinajstić information content (AvgIpc) is 3.31. The quantitative estimate of drug-likeness (QED) is 0.441. The fourth-order valence-electron chi connectivity index (χ4n) is 3.65. The summed E-state index contributed by atoms with van der Waals surface area (Å²) in [4.78, 5) is 26.6. The van der Waals surface area contributed by atoms with E-state index in [9.17, 15) is 22.4 Å². The molecule has 0 saturated heterocycles. The Labute approximate surface area is 206 Å². The molecule has 3 aromatic rings. The van der Waals surface area contributed by atoms with Gasteiger partial charge in [-0.15, -0.1) is 0 Å². The summed E-state index contributed by atoms with van der Waals surface area (Å²) < 4.78 is 38.6. The minimum Gasteiger partial charge on any atom is -0.324 e. The third-order valence-corrected chi connectivity index (χ3v) is 6.52. The fourth-order valence-corrected chi connectivity index (χ4v) is 4.53. The molecule has 4 rings (SSSR count). The Morgan fingerprint density at radius 2 is 1.66 bits per heavy atom. The second kappa shape index (κ2) is 9.87. The second-order valence-electron chi connectivity index (χ2n) is 7.69. The van der Waals surface area contributed by atoms with E-state index in [1.807, 2.05) is 0 Å². The molecule has 0 bridgehead atoms. The van der Waals surface area contributed by atoms with Gasteiger partial charge in [0.1, 0.15) is 11.9 Å². The Morgan fingerprint density at radius 1 is 0.971 bits per heavy atom. The number of primary sulfonamides is 1. The normalized spacial score (nSPS) is 15.2. The molecule has 1 atom stereocenters. The van der Waals surface area contributed by atoms with Crippen LogP contribution in [0.25, 0.3) is 11.1 Å². The van der Waals surface area contributed by atoms with Crippen molar-refractivity contribution in [3.8, 4) is 11.1 Å².